The number of nitrogens with zero attached hydrogens (tertiary/aromatic N) is 3. The summed E-state index contributed by atoms with van der Waals surface area (Å²) in [7, 11) is 0. The Labute approximate surface area is 169 Å². The van der Waals surface area contributed by atoms with Crippen LogP contribution in [0.15, 0.2) is 48.5 Å². The predicted octanol–water partition coefficient (Wildman–Crippen LogP) is 3.43. The van der Waals surface area contributed by atoms with Crippen molar-refractivity contribution in [2.75, 3.05) is 26.2 Å². The summed E-state index contributed by atoms with van der Waals surface area (Å²) in [6.45, 7) is 3.42. The van der Waals surface area contributed by atoms with E-state index in [0.717, 1.165) is 55.8 Å². The molecule has 6 heteroatoms. The van der Waals surface area contributed by atoms with Crippen molar-refractivity contribution in [3.8, 4) is 0 Å². The number of aromatic amines is 1. The highest BCUT2D eigenvalue weighted by molar-refractivity contribution is 6.21. The number of likely N-dealkylation sites (tertiary alicyclic amines) is 1. The van der Waals surface area contributed by atoms with Gasteiger partial charge in [0.05, 0.1) is 22.2 Å². The van der Waals surface area contributed by atoms with Crippen molar-refractivity contribution < 1.29 is 9.59 Å². The first kappa shape index (κ1) is 18.1. The van der Waals surface area contributed by atoms with Crippen molar-refractivity contribution in [3.05, 3.63) is 65.5 Å². The second kappa shape index (κ2) is 7.44. The molecule has 148 valence electrons. The Bertz CT molecular complexity index is 997. The van der Waals surface area contributed by atoms with Gasteiger partial charge >= 0.3 is 0 Å². The van der Waals surface area contributed by atoms with Gasteiger partial charge in [0.2, 0.25) is 0 Å². The Morgan fingerprint density at radius 2 is 1.55 bits per heavy atom. The van der Waals surface area contributed by atoms with Gasteiger partial charge in [0.25, 0.3) is 11.8 Å². The molecule has 2 amide bonds. The highest BCUT2D eigenvalue weighted by Gasteiger charge is 2.34. The number of benzene rings is 2. The first-order valence-electron chi connectivity index (χ1n) is 10.3. The van der Waals surface area contributed by atoms with E-state index in [1.165, 1.54) is 4.90 Å². The van der Waals surface area contributed by atoms with Gasteiger partial charge in [-0.1, -0.05) is 24.3 Å². The first-order valence-corrected chi connectivity index (χ1v) is 10.3. The number of fused-ring (bicyclic) bond motifs is 2. The predicted molar refractivity (Wildman–Crippen MR) is 111 cm³/mol. The van der Waals surface area contributed by atoms with Crippen molar-refractivity contribution in [2.24, 2.45) is 0 Å². The second-order valence-corrected chi connectivity index (χ2v) is 7.92. The van der Waals surface area contributed by atoms with Gasteiger partial charge in [0, 0.05) is 12.5 Å². The van der Waals surface area contributed by atoms with Gasteiger partial charge in [-0.15, -0.1) is 0 Å². The number of carbonyl (C=O) groups excluding carboxylic acids is 2. The Kier molecular flexibility index (Phi) is 4.64. The Morgan fingerprint density at radius 1 is 0.897 bits per heavy atom. The number of imidazole rings is 1. The molecule has 3 heterocycles. The number of H-pyrrole nitrogens is 1. The zero-order valence-electron chi connectivity index (χ0n) is 16.3. The molecule has 0 radical (unpaired) electrons. The third kappa shape index (κ3) is 3.34. The van der Waals surface area contributed by atoms with Crippen molar-refractivity contribution in [3.63, 3.8) is 0 Å². The number of carbonyl (C=O) groups is 2. The largest absolute Gasteiger partial charge is 0.342 e. The maximum atomic E-state index is 12.4. The quantitative estimate of drug-likeness (QED) is 0.680. The molecule has 1 aromatic heterocycles. The van der Waals surface area contributed by atoms with Crippen LogP contribution >= 0.6 is 0 Å². The Morgan fingerprint density at radius 3 is 2.24 bits per heavy atom. The average Bonchev–Trinajstić information content (AvgIpc) is 3.30. The Balaban J connectivity index is 1.12. The van der Waals surface area contributed by atoms with Gasteiger partial charge < -0.3 is 9.88 Å². The van der Waals surface area contributed by atoms with Crippen LogP contribution in [0, 0.1) is 0 Å². The number of para-hydroxylation sites is 2. The lowest BCUT2D eigenvalue weighted by atomic mass is 9.96. The van der Waals surface area contributed by atoms with Gasteiger partial charge in [-0.2, -0.15) is 0 Å². The molecule has 1 N–H and O–H groups in total. The van der Waals surface area contributed by atoms with Crippen LogP contribution in [-0.2, 0) is 0 Å². The molecule has 1 saturated heterocycles. The smallest absolute Gasteiger partial charge is 0.261 e. The van der Waals surface area contributed by atoms with Crippen LogP contribution in [0.4, 0.5) is 0 Å². The molecule has 1 fully saturated rings. The van der Waals surface area contributed by atoms with Crippen LogP contribution in [-0.4, -0.2) is 57.8 Å². The van der Waals surface area contributed by atoms with Gasteiger partial charge in [-0.05, 0) is 63.2 Å². The zero-order chi connectivity index (χ0) is 19.8. The highest BCUT2D eigenvalue weighted by Crippen LogP contribution is 2.28. The molecule has 29 heavy (non-hydrogen) atoms. The minimum atomic E-state index is -0.158. The van der Waals surface area contributed by atoms with E-state index in [1.807, 2.05) is 18.2 Å². The summed E-state index contributed by atoms with van der Waals surface area (Å²) in [6.07, 6.45) is 2.96. The molecule has 0 spiro atoms. The molecule has 0 unspecified atom stereocenters. The van der Waals surface area contributed by atoms with Crippen LogP contribution < -0.4 is 0 Å². The number of hydrogen-bond donors (Lipinski definition) is 1. The summed E-state index contributed by atoms with van der Waals surface area (Å²) >= 11 is 0. The number of nitrogens with one attached hydrogen (secondary N) is 1. The highest BCUT2D eigenvalue weighted by atomic mass is 16.2. The lowest BCUT2D eigenvalue weighted by Gasteiger charge is -2.31. The van der Waals surface area contributed by atoms with Crippen LogP contribution in [0.3, 0.4) is 0 Å². The number of imide groups is 1. The lowest BCUT2D eigenvalue weighted by molar-refractivity contribution is 0.0645. The van der Waals surface area contributed by atoms with Crippen LogP contribution in [0.5, 0.6) is 0 Å². The fraction of sp³-hybridized carbons (Fsp3) is 0.348. The van der Waals surface area contributed by atoms with E-state index in [0.29, 0.717) is 23.6 Å². The minimum absolute atomic E-state index is 0.158. The normalized spacial score (nSPS) is 18.0. The lowest BCUT2D eigenvalue weighted by Crippen LogP contribution is -2.37. The van der Waals surface area contributed by atoms with Crippen LogP contribution in [0.1, 0.15) is 51.7 Å². The van der Waals surface area contributed by atoms with E-state index in [-0.39, 0.29) is 11.8 Å². The van der Waals surface area contributed by atoms with E-state index in [9.17, 15) is 9.59 Å². The summed E-state index contributed by atoms with van der Waals surface area (Å²) in [6, 6.07) is 15.2. The maximum Gasteiger partial charge on any atom is 0.261 e. The number of piperidine rings is 1. The van der Waals surface area contributed by atoms with E-state index in [2.05, 4.69) is 16.0 Å². The number of rotatable bonds is 5. The molecule has 6 nitrogen and oxygen atoms in total. The van der Waals surface area contributed by atoms with Crippen molar-refractivity contribution >= 4 is 22.8 Å². The molecule has 3 aromatic rings. The van der Waals surface area contributed by atoms with Crippen molar-refractivity contribution in [2.45, 2.75) is 25.2 Å². The zero-order valence-corrected chi connectivity index (χ0v) is 16.3. The third-order valence-corrected chi connectivity index (χ3v) is 6.12. The molecule has 0 bridgehead atoms. The van der Waals surface area contributed by atoms with Crippen LogP contribution in [0.2, 0.25) is 0 Å². The Hall–Kier alpha value is -2.99. The first-order chi connectivity index (χ1) is 14.2. The molecule has 5 rings (SSSR count). The molecule has 2 aliphatic rings. The van der Waals surface area contributed by atoms with Crippen LogP contribution in [0.25, 0.3) is 11.0 Å². The minimum Gasteiger partial charge on any atom is -0.342 e. The van der Waals surface area contributed by atoms with E-state index < -0.39 is 0 Å². The van der Waals surface area contributed by atoms with Crippen molar-refractivity contribution in [1.82, 2.24) is 19.8 Å². The maximum absolute atomic E-state index is 12.4. The summed E-state index contributed by atoms with van der Waals surface area (Å²) in [5.41, 5.74) is 3.20. The van der Waals surface area contributed by atoms with Crippen molar-refractivity contribution in [1.29, 1.82) is 0 Å². The van der Waals surface area contributed by atoms with Gasteiger partial charge in [-0.25, -0.2) is 4.98 Å². The molecule has 2 aliphatic heterocycles. The number of hydrogen-bond acceptors (Lipinski definition) is 4. The van der Waals surface area contributed by atoms with Gasteiger partial charge in [0.15, 0.2) is 0 Å². The molecule has 2 aromatic carbocycles. The summed E-state index contributed by atoms with van der Waals surface area (Å²) in [4.78, 5) is 36.9. The monoisotopic (exact) mass is 388 g/mol. The molecule has 0 atom stereocenters. The SMILES string of the molecule is O=C1c2ccccc2C(=O)N1CCCN1CCC(c2nc3ccccc3[nH]2)CC1. The van der Waals surface area contributed by atoms with Gasteiger partial charge in [-0.3, -0.25) is 14.5 Å². The average molecular weight is 388 g/mol. The van der Waals surface area contributed by atoms with E-state index in [1.54, 1.807) is 24.3 Å². The number of amides is 2. The van der Waals surface area contributed by atoms with Gasteiger partial charge in [0.1, 0.15) is 5.82 Å². The molecular weight excluding hydrogens is 364 g/mol. The fourth-order valence-electron chi connectivity index (χ4n) is 4.49. The number of aromatic nitrogens is 2. The molecule has 0 aliphatic carbocycles. The van der Waals surface area contributed by atoms with E-state index in [4.69, 9.17) is 4.98 Å². The molecular formula is C23H24N4O2. The second-order valence-electron chi connectivity index (χ2n) is 7.92. The summed E-state index contributed by atoms with van der Waals surface area (Å²) in [5.74, 6) is 1.25. The molecule has 0 saturated carbocycles. The fourth-order valence-corrected chi connectivity index (χ4v) is 4.49. The topological polar surface area (TPSA) is 69.3 Å². The summed E-state index contributed by atoms with van der Waals surface area (Å²) in [5, 5.41) is 0. The third-order valence-electron chi connectivity index (χ3n) is 6.12. The summed E-state index contributed by atoms with van der Waals surface area (Å²) < 4.78 is 0. The standard InChI is InChI=1S/C23H24N4O2/c28-22-17-6-1-2-7-18(17)23(29)27(22)13-5-12-26-14-10-16(11-15-26)21-24-19-8-3-4-9-20(19)25-21/h1-4,6-9,16H,5,10-15H2,(H,24,25). The van der Waals surface area contributed by atoms with E-state index >= 15 is 0 Å².